The van der Waals surface area contributed by atoms with Crippen LogP contribution in [0.4, 0.5) is 5.69 Å². The molecule has 1 saturated heterocycles. The number of ketones is 1. The lowest BCUT2D eigenvalue weighted by molar-refractivity contribution is -0.132. The Labute approximate surface area is 192 Å². The molecule has 6 nitrogen and oxygen atoms in total. The topological polar surface area (TPSA) is 79.7 Å². The molecule has 33 heavy (non-hydrogen) atoms. The molecule has 2 aliphatic rings. The Morgan fingerprint density at radius 1 is 1.03 bits per heavy atom. The molecule has 3 aromatic rings. The quantitative estimate of drug-likeness (QED) is 0.364. The number of pyridine rings is 1. The fraction of sp³-hybridized carbons (Fsp3) is 0.222. The third-order valence-electron chi connectivity index (χ3n) is 6.13. The SMILES string of the molecule is Cc1cc(C)cc(N2C(=O)C(=O)/C(=C(\O)c3ccc4c(c3)CCCO4)C2c2ccncc2)c1. The summed E-state index contributed by atoms with van der Waals surface area (Å²) in [7, 11) is 0. The van der Waals surface area contributed by atoms with E-state index in [0.29, 0.717) is 23.4 Å². The molecule has 5 rings (SSSR count). The Kier molecular flexibility index (Phi) is 5.21. The van der Waals surface area contributed by atoms with Crippen LogP contribution in [0, 0.1) is 13.8 Å². The molecule has 1 amide bonds. The van der Waals surface area contributed by atoms with E-state index in [1.807, 2.05) is 44.2 Å². The maximum atomic E-state index is 13.3. The third kappa shape index (κ3) is 3.67. The van der Waals surface area contributed by atoms with Gasteiger partial charge in [-0.05, 0) is 91.4 Å². The van der Waals surface area contributed by atoms with Gasteiger partial charge in [0.05, 0.1) is 18.2 Å². The number of benzene rings is 2. The van der Waals surface area contributed by atoms with Crippen LogP contribution in [0.15, 0.2) is 66.5 Å². The number of nitrogens with zero attached hydrogens (tertiary/aromatic N) is 2. The molecule has 0 aliphatic carbocycles. The smallest absolute Gasteiger partial charge is 0.300 e. The highest BCUT2D eigenvalue weighted by atomic mass is 16.5. The Morgan fingerprint density at radius 2 is 1.76 bits per heavy atom. The number of ether oxygens (including phenoxy) is 1. The first-order chi connectivity index (χ1) is 15.9. The van der Waals surface area contributed by atoms with Gasteiger partial charge in [-0.25, -0.2) is 0 Å². The minimum atomic E-state index is -0.763. The second-order valence-electron chi connectivity index (χ2n) is 8.57. The predicted octanol–water partition coefficient (Wildman–Crippen LogP) is 4.65. The molecule has 3 heterocycles. The molecule has 1 fully saturated rings. The Balaban J connectivity index is 1.70. The maximum absolute atomic E-state index is 13.3. The second-order valence-corrected chi connectivity index (χ2v) is 8.57. The fourth-order valence-electron chi connectivity index (χ4n) is 4.71. The molecule has 6 heteroatoms. The molecule has 166 valence electrons. The summed E-state index contributed by atoms with van der Waals surface area (Å²) in [6, 6.07) is 13.9. The minimum Gasteiger partial charge on any atom is -0.507 e. The van der Waals surface area contributed by atoms with Crippen molar-refractivity contribution in [3.63, 3.8) is 0 Å². The molecule has 0 saturated carbocycles. The summed E-state index contributed by atoms with van der Waals surface area (Å²) in [4.78, 5) is 32.1. The van der Waals surface area contributed by atoms with Gasteiger partial charge in [-0.15, -0.1) is 0 Å². The number of aliphatic hydroxyl groups excluding tert-OH is 1. The maximum Gasteiger partial charge on any atom is 0.300 e. The molecule has 1 atom stereocenters. The minimum absolute atomic E-state index is 0.0713. The number of amides is 1. The number of aromatic nitrogens is 1. The summed E-state index contributed by atoms with van der Waals surface area (Å²) in [5.41, 5.74) is 4.83. The highest BCUT2D eigenvalue weighted by Crippen LogP contribution is 2.43. The number of rotatable bonds is 3. The summed E-state index contributed by atoms with van der Waals surface area (Å²) in [6.07, 6.45) is 4.97. The average Bonchev–Trinajstić information content (AvgIpc) is 3.08. The van der Waals surface area contributed by atoms with Crippen molar-refractivity contribution in [2.45, 2.75) is 32.7 Å². The van der Waals surface area contributed by atoms with Gasteiger partial charge in [-0.1, -0.05) is 6.07 Å². The Bertz CT molecular complexity index is 1280. The largest absolute Gasteiger partial charge is 0.507 e. The van der Waals surface area contributed by atoms with E-state index < -0.39 is 17.7 Å². The van der Waals surface area contributed by atoms with Crippen molar-refractivity contribution in [3.05, 3.63) is 94.3 Å². The second kappa shape index (κ2) is 8.20. The number of fused-ring (bicyclic) bond motifs is 1. The van der Waals surface area contributed by atoms with Crippen molar-refractivity contribution in [1.82, 2.24) is 4.98 Å². The first-order valence-corrected chi connectivity index (χ1v) is 11.0. The summed E-state index contributed by atoms with van der Waals surface area (Å²) < 4.78 is 5.68. The van der Waals surface area contributed by atoms with Crippen molar-refractivity contribution >= 4 is 23.1 Å². The molecule has 1 unspecified atom stereocenters. The summed E-state index contributed by atoms with van der Waals surface area (Å²) in [5.74, 6) is -0.762. The van der Waals surface area contributed by atoms with E-state index >= 15 is 0 Å². The normalized spacial score (nSPS) is 19.3. The Hall–Kier alpha value is -3.93. The van der Waals surface area contributed by atoms with Gasteiger partial charge in [0.25, 0.3) is 11.7 Å². The third-order valence-corrected chi connectivity index (χ3v) is 6.13. The van der Waals surface area contributed by atoms with E-state index in [4.69, 9.17) is 4.74 Å². The van der Waals surface area contributed by atoms with Crippen LogP contribution in [0.3, 0.4) is 0 Å². The molecule has 0 radical (unpaired) electrons. The van der Waals surface area contributed by atoms with Gasteiger partial charge in [0.2, 0.25) is 0 Å². The Morgan fingerprint density at radius 3 is 2.48 bits per heavy atom. The van der Waals surface area contributed by atoms with E-state index in [-0.39, 0.29) is 11.3 Å². The summed E-state index contributed by atoms with van der Waals surface area (Å²) in [5, 5.41) is 11.3. The van der Waals surface area contributed by atoms with Crippen molar-refractivity contribution in [1.29, 1.82) is 0 Å². The molecular weight excluding hydrogens is 416 g/mol. The van der Waals surface area contributed by atoms with Gasteiger partial charge in [0, 0.05) is 23.6 Å². The highest BCUT2D eigenvalue weighted by molar-refractivity contribution is 6.51. The lowest BCUT2D eigenvalue weighted by atomic mass is 9.94. The molecule has 0 bridgehead atoms. The van der Waals surface area contributed by atoms with E-state index in [9.17, 15) is 14.7 Å². The van der Waals surface area contributed by atoms with Crippen molar-refractivity contribution in [2.24, 2.45) is 0 Å². The van der Waals surface area contributed by atoms with Crippen LogP contribution in [0.5, 0.6) is 5.75 Å². The molecular formula is C27H24N2O4. The van der Waals surface area contributed by atoms with Crippen LogP contribution in [0.25, 0.3) is 5.76 Å². The van der Waals surface area contributed by atoms with Crippen molar-refractivity contribution in [3.8, 4) is 5.75 Å². The average molecular weight is 440 g/mol. The molecule has 1 aromatic heterocycles. The first-order valence-electron chi connectivity index (χ1n) is 11.0. The van der Waals surface area contributed by atoms with Crippen LogP contribution < -0.4 is 9.64 Å². The van der Waals surface area contributed by atoms with Gasteiger partial charge < -0.3 is 9.84 Å². The summed E-state index contributed by atoms with van der Waals surface area (Å²) in [6.45, 7) is 4.56. The number of aliphatic hydroxyl groups is 1. The highest BCUT2D eigenvalue weighted by Gasteiger charge is 2.47. The molecule has 0 spiro atoms. The van der Waals surface area contributed by atoms with Crippen LogP contribution in [-0.4, -0.2) is 28.4 Å². The lowest BCUT2D eigenvalue weighted by Crippen LogP contribution is -2.29. The van der Waals surface area contributed by atoms with Gasteiger partial charge in [-0.2, -0.15) is 0 Å². The number of carbonyl (C=O) groups is 2. The number of Topliss-reactive ketones (excluding diaryl/α,β-unsaturated/α-hetero) is 1. The standard InChI is InChI=1S/C27H24N2O4/c1-16-12-17(2)14-21(13-16)29-24(18-7-9-28-10-8-18)23(26(31)27(29)32)25(30)20-5-6-22-19(15-20)4-3-11-33-22/h5-10,12-15,24,30H,3-4,11H2,1-2H3/b25-23-. The zero-order valence-electron chi connectivity index (χ0n) is 18.5. The zero-order valence-corrected chi connectivity index (χ0v) is 18.5. The number of aryl methyl sites for hydroxylation is 3. The number of hydrogen-bond acceptors (Lipinski definition) is 5. The first kappa shape index (κ1) is 20.9. The van der Waals surface area contributed by atoms with Crippen molar-refractivity contribution in [2.75, 3.05) is 11.5 Å². The zero-order chi connectivity index (χ0) is 23.1. The van der Waals surface area contributed by atoms with E-state index in [2.05, 4.69) is 4.98 Å². The van der Waals surface area contributed by atoms with Crippen LogP contribution >= 0.6 is 0 Å². The van der Waals surface area contributed by atoms with E-state index in [0.717, 1.165) is 35.3 Å². The van der Waals surface area contributed by atoms with Crippen LogP contribution in [0.2, 0.25) is 0 Å². The van der Waals surface area contributed by atoms with Gasteiger partial charge >= 0.3 is 0 Å². The van der Waals surface area contributed by atoms with Gasteiger partial charge in [0.15, 0.2) is 0 Å². The number of anilines is 1. The lowest BCUT2D eigenvalue weighted by Gasteiger charge is -2.26. The van der Waals surface area contributed by atoms with Crippen LogP contribution in [0.1, 0.15) is 40.3 Å². The fourth-order valence-corrected chi connectivity index (χ4v) is 4.71. The van der Waals surface area contributed by atoms with E-state index in [1.165, 1.54) is 4.90 Å². The molecule has 2 aliphatic heterocycles. The molecule has 1 N–H and O–H groups in total. The number of carbonyl (C=O) groups excluding carboxylic acids is 2. The van der Waals surface area contributed by atoms with Crippen molar-refractivity contribution < 1.29 is 19.4 Å². The monoisotopic (exact) mass is 440 g/mol. The van der Waals surface area contributed by atoms with Gasteiger partial charge in [-0.3, -0.25) is 19.5 Å². The van der Waals surface area contributed by atoms with Gasteiger partial charge in [0.1, 0.15) is 11.5 Å². The van der Waals surface area contributed by atoms with Crippen LogP contribution in [-0.2, 0) is 16.0 Å². The predicted molar refractivity (Wildman–Crippen MR) is 125 cm³/mol. The number of hydrogen-bond donors (Lipinski definition) is 1. The van der Waals surface area contributed by atoms with E-state index in [1.54, 1.807) is 30.6 Å². The molecule has 2 aromatic carbocycles. The summed E-state index contributed by atoms with van der Waals surface area (Å²) >= 11 is 0.